The van der Waals surface area contributed by atoms with Crippen LogP contribution < -0.4 is 4.57 Å². The minimum atomic E-state index is 1.19. The number of aryl methyl sites for hydroxylation is 2. The molecule has 0 saturated carbocycles. The van der Waals surface area contributed by atoms with Crippen LogP contribution in [-0.4, -0.2) is 0 Å². The van der Waals surface area contributed by atoms with Crippen LogP contribution in [-0.2, 0) is 13.0 Å². The van der Waals surface area contributed by atoms with Crippen LogP contribution in [0.3, 0.4) is 0 Å². The van der Waals surface area contributed by atoms with Crippen molar-refractivity contribution in [3.8, 4) is 0 Å². The third-order valence-electron chi connectivity index (χ3n) is 5.76. The van der Waals surface area contributed by atoms with Crippen LogP contribution in [0, 0.1) is 0 Å². The lowest BCUT2D eigenvalue weighted by Crippen LogP contribution is -2.33. The number of pyridine rings is 1. The molecule has 0 fully saturated rings. The van der Waals surface area contributed by atoms with Crippen molar-refractivity contribution >= 4 is 0 Å². The molecule has 0 unspecified atom stereocenters. The van der Waals surface area contributed by atoms with E-state index < -0.39 is 0 Å². The number of rotatable bonds is 19. The van der Waals surface area contributed by atoms with Gasteiger partial charge in [0, 0.05) is 18.1 Å². The lowest BCUT2D eigenvalue weighted by Gasteiger charge is -2.03. The molecule has 1 heteroatoms. The molecule has 1 rings (SSSR count). The second-order valence-electron chi connectivity index (χ2n) is 8.50. The van der Waals surface area contributed by atoms with Crippen molar-refractivity contribution in [2.75, 3.05) is 0 Å². The summed E-state index contributed by atoms with van der Waals surface area (Å²) in [5.41, 5.74) is 1.53. The number of nitrogens with zero attached hydrogens (tertiary/aromatic N) is 1. The molecule has 0 aliphatic rings. The first kappa shape index (κ1) is 24.2. The summed E-state index contributed by atoms with van der Waals surface area (Å²) in [6.07, 6.45) is 29.9. The third kappa shape index (κ3) is 14.8. The Kier molecular flexibility index (Phi) is 16.6. The molecule has 27 heavy (non-hydrogen) atoms. The van der Waals surface area contributed by atoms with Crippen molar-refractivity contribution in [3.05, 3.63) is 30.1 Å². The van der Waals surface area contributed by atoms with Gasteiger partial charge < -0.3 is 0 Å². The Morgan fingerprint density at radius 3 is 1.63 bits per heavy atom. The largest absolute Gasteiger partial charge is 0.205 e. The molecular weight excluding hydrogens is 326 g/mol. The van der Waals surface area contributed by atoms with E-state index in [1.807, 2.05) is 0 Å². The Labute approximate surface area is 171 Å². The van der Waals surface area contributed by atoms with Gasteiger partial charge in [0.1, 0.15) is 6.54 Å². The molecule has 0 spiro atoms. The molecule has 0 radical (unpaired) electrons. The number of hydrogen-bond donors (Lipinski definition) is 0. The van der Waals surface area contributed by atoms with E-state index in [0.717, 1.165) is 0 Å². The van der Waals surface area contributed by atoms with Crippen LogP contribution in [0.5, 0.6) is 0 Å². The van der Waals surface area contributed by atoms with E-state index in [1.54, 1.807) is 0 Å². The van der Waals surface area contributed by atoms with Gasteiger partial charge in [-0.3, -0.25) is 0 Å². The van der Waals surface area contributed by atoms with Crippen molar-refractivity contribution in [3.63, 3.8) is 0 Å². The molecule has 0 N–H and O–H groups in total. The Balaban J connectivity index is 2.01. The molecule has 1 aromatic heterocycles. The number of unbranched alkanes of at least 4 members (excludes halogenated alkanes) is 15. The SMILES string of the molecule is CCCCCCCCCCCc1ccc[n+](CCCCCCCCCC)c1. The van der Waals surface area contributed by atoms with Crippen molar-refractivity contribution in [1.29, 1.82) is 0 Å². The zero-order chi connectivity index (χ0) is 19.4. The second kappa shape index (κ2) is 18.5. The Hall–Kier alpha value is -0.850. The van der Waals surface area contributed by atoms with Crippen molar-refractivity contribution in [1.82, 2.24) is 0 Å². The normalized spacial score (nSPS) is 11.2. The van der Waals surface area contributed by atoms with E-state index >= 15 is 0 Å². The summed E-state index contributed by atoms with van der Waals surface area (Å²) in [4.78, 5) is 0. The minimum Gasteiger partial charge on any atom is -0.205 e. The Morgan fingerprint density at radius 1 is 0.593 bits per heavy atom. The van der Waals surface area contributed by atoms with E-state index in [4.69, 9.17) is 0 Å². The maximum absolute atomic E-state index is 2.42. The van der Waals surface area contributed by atoms with Crippen molar-refractivity contribution in [2.45, 2.75) is 136 Å². The molecule has 1 heterocycles. The zero-order valence-corrected chi connectivity index (χ0v) is 18.7. The van der Waals surface area contributed by atoms with E-state index in [-0.39, 0.29) is 0 Å². The standard InChI is InChI=1S/C26H48N/c1-3-5-7-9-11-13-14-16-18-21-26-22-20-24-27(25-26)23-19-17-15-12-10-8-6-4-2/h20,22,24-25H,3-19,21,23H2,1-2H3/q+1. The Morgan fingerprint density at radius 2 is 1.07 bits per heavy atom. The Bertz CT molecular complexity index is 426. The van der Waals surface area contributed by atoms with Gasteiger partial charge in [-0.25, -0.2) is 4.57 Å². The van der Waals surface area contributed by atoms with E-state index in [2.05, 4.69) is 42.9 Å². The van der Waals surface area contributed by atoms with Gasteiger partial charge in [0.05, 0.1) is 0 Å². The highest BCUT2D eigenvalue weighted by Gasteiger charge is 2.03. The molecule has 0 aliphatic carbocycles. The maximum Gasteiger partial charge on any atom is 0.171 e. The van der Waals surface area contributed by atoms with Gasteiger partial charge in [-0.2, -0.15) is 0 Å². The van der Waals surface area contributed by atoms with Crippen molar-refractivity contribution < 1.29 is 4.57 Å². The predicted molar refractivity (Wildman–Crippen MR) is 120 cm³/mol. The van der Waals surface area contributed by atoms with Crippen LogP contribution in [0.1, 0.15) is 129 Å². The summed E-state index contributed by atoms with van der Waals surface area (Å²) >= 11 is 0. The summed E-state index contributed by atoms with van der Waals surface area (Å²) in [7, 11) is 0. The molecule has 0 aliphatic heterocycles. The quantitative estimate of drug-likeness (QED) is 0.170. The fourth-order valence-corrected chi connectivity index (χ4v) is 3.93. The first-order valence-electron chi connectivity index (χ1n) is 12.3. The van der Waals surface area contributed by atoms with Gasteiger partial charge in [-0.1, -0.05) is 104 Å². The average molecular weight is 375 g/mol. The zero-order valence-electron chi connectivity index (χ0n) is 18.7. The van der Waals surface area contributed by atoms with Gasteiger partial charge in [0.25, 0.3) is 0 Å². The molecule has 1 aromatic rings. The molecule has 0 atom stereocenters. The summed E-state index contributed by atoms with van der Waals surface area (Å²) in [5.74, 6) is 0. The molecule has 156 valence electrons. The fourth-order valence-electron chi connectivity index (χ4n) is 3.93. The summed E-state index contributed by atoms with van der Waals surface area (Å²) in [6, 6.07) is 4.56. The number of hydrogen-bond acceptors (Lipinski definition) is 0. The van der Waals surface area contributed by atoms with Crippen LogP contribution >= 0.6 is 0 Å². The lowest BCUT2D eigenvalue weighted by atomic mass is 10.0. The highest BCUT2D eigenvalue weighted by Crippen LogP contribution is 2.12. The summed E-state index contributed by atoms with van der Waals surface area (Å²) in [5, 5.41) is 0. The van der Waals surface area contributed by atoms with Crippen LogP contribution in [0.15, 0.2) is 24.5 Å². The summed E-state index contributed by atoms with van der Waals surface area (Å²) in [6.45, 7) is 5.78. The minimum absolute atomic E-state index is 1.19. The first-order valence-corrected chi connectivity index (χ1v) is 12.3. The van der Waals surface area contributed by atoms with Gasteiger partial charge in [-0.15, -0.1) is 0 Å². The monoisotopic (exact) mass is 374 g/mol. The van der Waals surface area contributed by atoms with Gasteiger partial charge >= 0.3 is 0 Å². The van der Waals surface area contributed by atoms with Crippen LogP contribution in [0.2, 0.25) is 0 Å². The van der Waals surface area contributed by atoms with E-state index in [0.29, 0.717) is 0 Å². The van der Waals surface area contributed by atoms with Gasteiger partial charge in [0.2, 0.25) is 0 Å². The third-order valence-corrected chi connectivity index (χ3v) is 5.76. The maximum atomic E-state index is 2.42. The molecule has 0 amide bonds. The highest BCUT2D eigenvalue weighted by atomic mass is 14.9. The van der Waals surface area contributed by atoms with Crippen LogP contribution in [0.25, 0.3) is 0 Å². The topological polar surface area (TPSA) is 3.88 Å². The molecule has 0 saturated heterocycles. The van der Waals surface area contributed by atoms with E-state index in [1.165, 1.54) is 128 Å². The van der Waals surface area contributed by atoms with E-state index in [9.17, 15) is 0 Å². The summed E-state index contributed by atoms with van der Waals surface area (Å²) < 4.78 is 2.42. The molecule has 1 nitrogen and oxygen atoms in total. The average Bonchev–Trinajstić information content (AvgIpc) is 2.69. The second-order valence-corrected chi connectivity index (χ2v) is 8.50. The molecular formula is C26H48N+. The van der Waals surface area contributed by atoms with Gasteiger partial charge in [-0.05, 0) is 25.3 Å². The van der Waals surface area contributed by atoms with Gasteiger partial charge in [0.15, 0.2) is 12.4 Å². The molecule has 0 bridgehead atoms. The lowest BCUT2D eigenvalue weighted by molar-refractivity contribution is -0.697. The highest BCUT2D eigenvalue weighted by molar-refractivity contribution is 5.05. The predicted octanol–water partition coefficient (Wildman–Crippen LogP) is 8.19. The van der Waals surface area contributed by atoms with Crippen molar-refractivity contribution in [2.24, 2.45) is 0 Å². The first-order chi connectivity index (χ1) is 13.4. The number of aromatic nitrogens is 1. The van der Waals surface area contributed by atoms with Crippen LogP contribution in [0.4, 0.5) is 0 Å². The molecule has 0 aromatic carbocycles. The fraction of sp³-hybridized carbons (Fsp3) is 0.808. The smallest absolute Gasteiger partial charge is 0.171 e.